The molecular weight excluding hydrogens is 168 g/mol. The number of aliphatic hydroxyl groups excluding tert-OH is 1. The van der Waals surface area contributed by atoms with Crippen molar-refractivity contribution < 1.29 is 15.0 Å². The number of ketones is 1. The van der Waals surface area contributed by atoms with Crippen molar-refractivity contribution in [3.63, 3.8) is 0 Å². The van der Waals surface area contributed by atoms with Gasteiger partial charge < -0.3 is 10.2 Å². The standard InChI is InChI=1S/C10H16O3/c1-7-4-8(12)5-9(2,3)10(7,13)6-11/h4,11,13H,5-6H2,1-3H3/t10-/m0/s1. The molecule has 1 aliphatic rings. The number of aliphatic hydroxyl groups is 2. The minimum atomic E-state index is -1.25. The number of carbonyl (C=O) groups excluding carboxylic acids is 1. The predicted molar refractivity (Wildman–Crippen MR) is 49.2 cm³/mol. The van der Waals surface area contributed by atoms with E-state index in [9.17, 15) is 9.90 Å². The highest BCUT2D eigenvalue weighted by molar-refractivity contribution is 5.92. The molecule has 0 saturated heterocycles. The van der Waals surface area contributed by atoms with Crippen LogP contribution in [0.3, 0.4) is 0 Å². The Kier molecular flexibility index (Phi) is 2.34. The van der Waals surface area contributed by atoms with E-state index in [1.165, 1.54) is 6.08 Å². The van der Waals surface area contributed by atoms with Gasteiger partial charge in [0.2, 0.25) is 0 Å². The van der Waals surface area contributed by atoms with E-state index in [1.54, 1.807) is 20.8 Å². The summed E-state index contributed by atoms with van der Waals surface area (Å²) in [4.78, 5) is 11.2. The van der Waals surface area contributed by atoms with Gasteiger partial charge in [0.15, 0.2) is 5.78 Å². The smallest absolute Gasteiger partial charge is 0.156 e. The second kappa shape index (κ2) is 2.93. The Balaban J connectivity index is 3.18. The molecule has 0 amide bonds. The first-order valence-corrected chi connectivity index (χ1v) is 4.38. The van der Waals surface area contributed by atoms with Crippen LogP contribution < -0.4 is 0 Å². The first-order chi connectivity index (χ1) is 5.83. The molecule has 0 aromatic rings. The molecule has 0 saturated carbocycles. The van der Waals surface area contributed by atoms with Gasteiger partial charge >= 0.3 is 0 Å². The summed E-state index contributed by atoms with van der Waals surface area (Å²) in [7, 11) is 0. The predicted octanol–water partition coefficient (Wildman–Crippen LogP) is 0.655. The summed E-state index contributed by atoms with van der Waals surface area (Å²) in [5.41, 5.74) is -1.28. The molecule has 13 heavy (non-hydrogen) atoms. The normalized spacial score (nSPS) is 33.0. The molecule has 3 heteroatoms. The van der Waals surface area contributed by atoms with Crippen LogP contribution in [0.25, 0.3) is 0 Å². The van der Waals surface area contributed by atoms with Crippen molar-refractivity contribution in [2.75, 3.05) is 6.61 Å². The third-order valence-electron chi connectivity index (χ3n) is 2.99. The maximum atomic E-state index is 11.2. The van der Waals surface area contributed by atoms with Crippen molar-refractivity contribution in [2.24, 2.45) is 5.41 Å². The van der Waals surface area contributed by atoms with Crippen LogP contribution in [-0.4, -0.2) is 28.2 Å². The molecule has 0 radical (unpaired) electrons. The summed E-state index contributed by atoms with van der Waals surface area (Å²) >= 11 is 0. The van der Waals surface area contributed by atoms with Crippen molar-refractivity contribution >= 4 is 5.78 Å². The Morgan fingerprint density at radius 1 is 1.54 bits per heavy atom. The molecule has 0 aromatic carbocycles. The zero-order valence-electron chi connectivity index (χ0n) is 8.29. The topological polar surface area (TPSA) is 57.5 Å². The van der Waals surface area contributed by atoms with Gasteiger partial charge in [0.25, 0.3) is 0 Å². The van der Waals surface area contributed by atoms with Gasteiger partial charge in [-0.25, -0.2) is 0 Å². The van der Waals surface area contributed by atoms with Crippen LogP contribution in [0, 0.1) is 5.41 Å². The van der Waals surface area contributed by atoms with Crippen LogP contribution >= 0.6 is 0 Å². The van der Waals surface area contributed by atoms with E-state index in [0.29, 0.717) is 5.57 Å². The van der Waals surface area contributed by atoms with Gasteiger partial charge in [-0.15, -0.1) is 0 Å². The quantitative estimate of drug-likeness (QED) is 0.629. The monoisotopic (exact) mass is 184 g/mol. The summed E-state index contributed by atoms with van der Waals surface area (Å²) < 4.78 is 0. The summed E-state index contributed by atoms with van der Waals surface area (Å²) in [5, 5.41) is 19.3. The average Bonchev–Trinajstić information content (AvgIpc) is 1.98. The largest absolute Gasteiger partial charge is 0.393 e. The third kappa shape index (κ3) is 1.42. The molecule has 0 spiro atoms. The number of allylic oxidation sites excluding steroid dienone is 1. The van der Waals surface area contributed by atoms with Gasteiger partial charge in [-0.1, -0.05) is 13.8 Å². The van der Waals surface area contributed by atoms with Crippen molar-refractivity contribution in [1.29, 1.82) is 0 Å². The lowest BCUT2D eigenvalue weighted by atomic mass is 9.65. The van der Waals surface area contributed by atoms with Gasteiger partial charge in [-0.3, -0.25) is 4.79 Å². The highest BCUT2D eigenvalue weighted by Gasteiger charge is 2.47. The first-order valence-electron chi connectivity index (χ1n) is 4.38. The number of hydrogen-bond donors (Lipinski definition) is 2. The van der Waals surface area contributed by atoms with E-state index in [2.05, 4.69) is 0 Å². The van der Waals surface area contributed by atoms with Crippen molar-refractivity contribution in [3.8, 4) is 0 Å². The van der Waals surface area contributed by atoms with Gasteiger partial charge in [-0.2, -0.15) is 0 Å². The molecule has 0 bridgehead atoms. The van der Waals surface area contributed by atoms with Gasteiger partial charge in [0, 0.05) is 11.8 Å². The molecule has 1 rings (SSSR count). The molecule has 2 N–H and O–H groups in total. The third-order valence-corrected chi connectivity index (χ3v) is 2.99. The fourth-order valence-electron chi connectivity index (χ4n) is 1.87. The van der Waals surface area contributed by atoms with Crippen LogP contribution in [0.4, 0.5) is 0 Å². The van der Waals surface area contributed by atoms with E-state index in [0.717, 1.165) is 0 Å². The average molecular weight is 184 g/mol. The van der Waals surface area contributed by atoms with Gasteiger partial charge in [0.05, 0.1) is 6.61 Å². The molecule has 0 aromatic heterocycles. The number of rotatable bonds is 1. The lowest BCUT2D eigenvalue weighted by Crippen LogP contribution is -2.52. The van der Waals surface area contributed by atoms with E-state index in [1.807, 2.05) is 0 Å². The Morgan fingerprint density at radius 2 is 2.08 bits per heavy atom. The SMILES string of the molecule is CC1=CC(=O)CC(C)(C)[C@]1(O)CO. The van der Waals surface area contributed by atoms with Crippen LogP contribution in [0.5, 0.6) is 0 Å². The Hall–Kier alpha value is -0.670. The van der Waals surface area contributed by atoms with Crippen molar-refractivity contribution in [1.82, 2.24) is 0 Å². The van der Waals surface area contributed by atoms with Gasteiger partial charge in [-0.05, 0) is 18.6 Å². The molecular formula is C10H16O3. The van der Waals surface area contributed by atoms with Gasteiger partial charge in [0.1, 0.15) is 5.60 Å². The van der Waals surface area contributed by atoms with E-state index in [4.69, 9.17) is 5.11 Å². The fraction of sp³-hybridized carbons (Fsp3) is 0.700. The van der Waals surface area contributed by atoms with E-state index in [-0.39, 0.29) is 18.8 Å². The van der Waals surface area contributed by atoms with Crippen LogP contribution in [0.15, 0.2) is 11.6 Å². The van der Waals surface area contributed by atoms with E-state index >= 15 is 0 Å². The Morgan fingerprint density at radius 3 is 2.46 bits per heavy atom. The van der Waals surface area contributed by atoms with Crippen molar-refractivity contribution in [2.45, 2.75) is 32.8 Å². The maximum Gasteiger partial charge on any atom is 0.156 e. The summed E-state index contributed by atoms with van der Waals surface area (Å²) in [6.45, 7) is 4.92. The molecule has 74 valence electrons. The minimum Gasteiger partial charge on any atom is -0.393 e. The number of hydrogen-bond acceptors (Lipinski definition) is 3. The van der Waals surface area contributed by atoms with Crippen LogP contribution in [0.2, 0.25) is 0 Å². The molecule has 0 fully saturated rings. The minimum absolute atomic E-state index is 0.0145. The highest BCUT2D eigenvalue weighted by Crippen LogP contribution is 2.42. The molecule has 1 aliphatic carbocycles. The summed E-state index contributed by atoms with van der Waals surface area (Å²) in [6.07, 6.45) is 1.70. The van der Waals surface area contributed by atoms with Crippen molar-refractivity contribution in [3.05, 3.63) is 11.6 Å². The zero-order valence-corrected chi connectivity index (χ0v) is 8.29. The second-order valence-corrected chi connectivity index (χ2v) is 4.37. The summed E-state index contributed by atoms with van der Waals surface area (Å²) in [6, 6.07) is 0. The lowest BCUT2D eigenvalue weighted by molar-refractivity contribution is -0.127. The molecule has 1 atom stereocenters. The second-order valence-electron chi connectivity index (χ2n) is 4.37. The summed E-state index contributed by atoms with van der Waals surface area (Å²) in [5.74, 6) is 0.0145. The Labute approximate surface area is 78.1 Å². The number of carbonyl (C=O) groups is 1. The first kappa shape index (κ1) is 10.4. The fourth-order valence-corrected chi connectivity index (χ4v) is 1.87. The Bertz CT molecular complexity index is 265. The van der Waals surface area contributed by atoms with Crippen LogP contribution in [0.1, 0.15) is 27.2 Å². The molecule has 3 nitrogen and oxygen atoms in total. The molecule has 0 heterocycles. The molecule has 0 unspecified atom stereocenters. The lowest BCUT2D eigenvalue weighted by Gasteiger charge is -2.44. The van der Waals surface area contributed by atoms with E-state index < -0.39 is 11.0 Å². The molecule has 0 aliphatic heterocycles. The zero-order chi connectivity index (χ0) is 10.3. The van der Waals surface area contributed by atoms with Crippen LogP contribution in [-0.2, 0) is 4.79 Å². The maximum absolute atomic E-state index is 11.2. The highest BCUT2D eigenvalue weighted by atomic mass is 16.3.